The Morgan fingerprint density at radius 1 is 1.12 bits per heavy atom. The summed E-state index contributed by atoms with van der Waals surface area (Å²) in [6.07, 6.45) is 4.08. The van der Waals surface area contributed by atoms with Gasteiger partial charge in [-0.1, -0.05) is 0 Å². The molecule has 0 atom stereocenters. The Hall–Kier alpha value is -2.57. The van der Waals surface area contributed by atoms with Crippen LogP contribution in [0, 0.1) is 5.92 Å². The molecule has 3 rings (SSSR count). The molecule has 7 heteroatoms. The first-order valence-corrected chi connectivity index (χ1v) is 9.24. The van der Waals surface area contributed by atoms with Gasteiger partial charge in [0.1, 0.15) is 0 Å². The highest BCUT2D eigenvalue weighted by Gasteiger charge is 2.24. The van der Waals surface area contributed by atoms with E-state index in [1.54, 1.807) is 11.9 Å². The number of nitrogens with zero attached hydrogens (tertiary/aromatic N) is 2. The van der Waals surface area contributed by atoms with Gasteiger partial charge in [0, 0.05) is 50.9 Å². The zero-order valence-corrected chi connectivity index (χ0v) is 15.2. The van der Waals surface area contributed by atoms with E-state index in [0.717, 1.165) is 43.7 Å². The number of nitrogens with one attached hydrogen (secondary N) is 2. The molecule has 0 unspecified atom stereocenters. The van der Waals surface area contributed by atoms with Gasteiger partial charge in [0.25, 0.3) is 0 Å². The Morgan fingerprint density at radius 2 is 1.77 bits per heavy atom. The summed E-state index contributed by atoms with van der Waals surface area (Å²) in [5.74, 6) is 0.506. The topological polar surface area (TPSA) is 81.8 Å². The third kappa shape index (κ3) is 4.33. The highest BCUT2D eigenvalue weighted by molar-refractivity contribution is 6.05. The Kier molecular flexibility index (Phi) is 5.75. The molecular weight excluding hydrogens is 332 g/mol. The zero-order chi connectivity index (χ0) is 18.5. The van der Waals surface area contributed by atoms with Crippen LogP contribution in [0.15, 0.2) is 24.3 Å². The van der Waals surface area contributed by atoms with Gasteiger partial charge >= 0.3 is 6.03 Å². The monoisotopic (exact) mass is 358 g/mol. The molecule has 1 aromatic rings. The summed E-state index contributed by atoms with van der Waals surface area (Å²) in [6.45, 7) is 2.38. The summed E-state index contributed by atoms with van der Waals surface area (Å²) in [4.78, 5) is 38.5. The molecule has 2 aliphatic rings. The molecule has 0 radical (unpaired) electrons. The van der Waals surface area contributed by atoms with Gasteiger partial charge < -0.3 is 10.2 Å². The van der Waals surface area contributed by atoms with Gasteiger partial charge in [-0.15, -0.1) is 0 Å². The van der Waals surface area contributed by atoms with E-state index in [0.29, 0.717) is 25.3 Å². The number of hydrogen-bond donors (Lipinski definition) is 2. The Balaban J connectivity index is 1.52. The van der Waals surface area contributed by atoms with Gasteiger partial charge in [0.15, 0.2) is 0 Å². The minimum atomic E-state index is -0.356. The summed E-state index contributed by atoms with van der Waals surface area (Å²) in [6, 6.07) is 7.57. The van der Waals surface area contributed by atoms with E-state index < -0.39 is 0 Å². The summed E-state index contributed by atoms with van der Waals surface area (Å²) in [5, 5.41) is 5.02. The SMILES string of the molecule is CNC(=O)CCC1CCN(c2ccc(N3CCC(=O)NC3=O)cc2)CC1. The molecule has 7 nitrogen and oxygen atoms in total. The lowest BCUT2D eigenvalue weighted by molar-refractivity contribution is -0.121. The molecule has 2 saturated heterocycles. The fourth-order valence-corrected chi connectivity index (χ4v) is 3.59. The normalized spacial score (nSPS) is 18.7. The van der Waals surface area contributed by atoms with Crippen molar-refractivity contribution in [1.29, 1.82) is 0 Å². The summed E-state index contributed by atoms with van der Waals surface area (Å²) < 4.78 is 0. The number of rotatable bonds is 5. The average molecular weight is 358 g/mol. The first-order valence-electron chi connectivity index (χ1n) is 9.24. The Bertz CT molecular complexity index is 666. The predicted octanol–water partition coefficient (Wildman–Crippen LogP) is 1.88. The molecule has 140 valence electrons. The van der Waals surface area contributed by atoms with Crippen LogP contribution in [-0.4, -0.2) is 44.5 Å². The van der Waals surface area contributed by atoms with E-state index in [1.165, 1.54) is 0 Å². The summed E-state index contributed by atoms with van der Waals surface area (Å²) in [5.41, 5.74) is 1.95. The number of amides is 4. The number of urea groups is 1. The standard InChI is InChI=1S/C19H26N4O3/c1-20-17(24)7-2-14-8-11-22(12-9-14)15-3-5-16(6-4-15)23-13-10-18(25)21-19(23)26/h3-6,14H,2,7-13H2,1H3,(H,20,24)(H,21,25,26). The van der Waals surface area contributed by atoms with Crippen LogP contribution < -0.4 is 20.4 Å². The molecule has 2 heterocycles. The number of benzene rings is 1. The van der Waals surface area contributed by atoms with E-state index in [2.05, 4.69) is 15.5 Å². The van der Waals surface area contributed by atoms with Crippen LogP contribution in [0.2, 0.25) is 0 Å². The highest BCUT2D eigenvalue weighted by Crippen LogP contribution is 2.28. The number of piperidine rings is 1. The maximum atomic E-state index is 11.9. The van der Waals surface area contributed by atoms with Crippen LogP contribution in [0.5, 0.6) is 0 Å². The average Bonchev–Trinajstić information content (AvgIpc) is 2.67. The molecule has 1 aromatic carbocycles. The van der Waals surface area contributed by atoms with E-state index in [9.17, 15) is 14.4 Å². The Morgan fingerprint density at radius 3 is 2.38 bits per heavy atom. The maximum absolute atomic E-state index is 11.9. The van der Waals surface area contributed by atoms with Crippen molar-refractivity contribution in [2.75, 3.05) is 36.5 Å². The number of carbonyl (C=O) groups is 3. The summed E-state index contributed by atoms with van der Waals surface area (Å²) in [7, 11) is 1.68. The smallest absolute Gasteiger partial charge is 0.328 e. The second-order valence-corrected chi connectivity index (χ2v) is 6.91. The summed E-state index contributed by atoms with van der Waals surface area (Å²) >= 11 is 0. The number of carbonyl (C=O) groups excluding carboxylic acids is 3. The second-order valence-electron chi connectivity index (χ2n) is 6.91. The second kappa shape index (κ2) is 8.21. The number of hydrogen-bond acceptors (Lipinski definition) is 4. The van der Waals surface area contributed by atoms with Crippen LogP contribution in [0.25, 0.3) is 0 Å². The number of anilines is 2. The van der Waals surface area contributed by atoms with Crippen molar-refractivity contribution in [2.24, 2.45) is 5.92 Å². The molecule has 0 aliphatic carbocycles. The lowest BCUT2D eigenvalue weighted by Gasteiger charge is -2.34. The fraction of sp³-hybridized carbons (Fsp3) is 0.526. The van der Waals surface area contributed by atoms with Gasteiger partial charge in [-0.25, -0.2) is 4.79 Å². The molecule has 0 saturated carbocycles. The molecule has 2 N–H and O–H groups in total. The van der Waals surface area contributed by atoms with Gasteiger partial charge in [-0.05, 0) is 49.4 Å². The molecule has 4 amide bonds. The van der Waals surface area contributed by atoms with Crippen LogP contribution >= 0.6 is 0 Å². The molecular formula is C19H26N4O3. The van der Waals surface area contributed by atoms with Crippen molar-refractivity contribution in [3.05, 3.63) is 24.3 Å². The van der Waals surface area contributed by atoms with Crippen LogP contribution in [0.4, 0.5) is 16.2 Å². The largest absolute Gasteiger partial charge is 0.372 e. The molecule has 0 aromatic heterocycles. The van der Waals surface area contributed by atoms with Crippen molar-refractivity contribution in [1.82, 2.24) is 10.6 Å². The number of imide groups is 1. The first-order chi connectivity index (χ1) is 12.6. The van der Waals surface area contributed by atoms with Crippen molar-refractivity contribution in [3.63, 3.8) is 0 Å². The molecule has 0 bridgehead atoms. The molecule has 2 fully saturated rings. The molecule has 26 heavy (non-hydrogen) atoms. The van der Waals surface area contributed by atoms with Crippen LogP contribution in [-0.2, 0) is 9.59 Å². The van der Waals surface area contributed by atoms with Gasteiger partial charge in [-0.3, -0.25) is 19.8 Å². The Labute approximate surface area is 153 Å². The third-order valence-electron chi connectivity index (χ3n) is 5.25. The van der Waals surface area contributed by atoms with Crippen LogP contribution in [0.3, 0.4) is 0 Å². The quantitative estimate of drug-likeness (QED) is 0.842. The van der Waals surface area contributed by atoms with E-state index in [-0.39, 0.29) is 17.8 Å². The lowest BCUT2D eigenvalue weighted by Crippen LogP contribution is -2.49. The van der Waals surface area contributed by atoms with Crippen molar-refractivity contribution in [3.8, 4) is 0 Å². The van der Waals surface area contributed by atoms with Crippen LogP contribution in [0.1, 0.15) is 32.1 Å². The van der Waals surface area contributed by atoms with Gasteiger partial charge in [0.05, 0.1) is 0 Å². The predicted molar refractivity (Wildman–Crippen MR) is 100 cm³/mol. The van der Waals surface area contributed by atoms with E-state index in [1.807, 2.05) is 24.3 Å². The fourth-order valence-electron chi connectivity index (χ4n) is 3.59. The van der Waals surface area contributed by atoms with E-state index in [4.69, 9.17) is 0 Å². The van der Waals surface area contributed by atoms with Crippen molar-refractivity contribution >= 4 is 29.2 Å². The highest BCUT2D eigenvalue weighted by atomic mass is 16.2. The molecule has 2 aliphatic heterocycles. The van der Waals surface area contributed by atoms with Crippen molar-refractivity contribution < 1.29 is 14.4 Å². The minimum Gasteiger partial charge on any atom is -0.372 e. The van der Waals surface area contributed by atoms with Gasteiger partial charge in [0.2, 0.25) is 11.8 Å². The zero-order valence-electron chi connectivity index (χ0n) is 15.2. The van der Waals surface area contributed by atoms with Gasteiger partial charge in [-0.2, -0.15) is 0 Å². The minimum absolute atomic E-state index is 0.117. The van der Waals surface area contributed by atoms with Crippen molar-refractivity contribution in [2.45, 2.75) is 32.1 Å². The van der Waals surface area contributed by atoms with E-state index >= 15 is 0 Å². The first kappa shape index (κ1) is 18.2. The maximum Gasteiger partial charge on any atom is 0.328 e. The lowest BCUT2D eigenvalue weighted by atomic mass is 9.92. The third-order valence-corrected chi connectivity index (χ3v) is 5.25. The molecule has 0 spiro atoms.